The summed E-state index contributed by atoms with van der Waals surface area (Å²) in [6.07, 6.45) is 1.81. The lowest BCUT2D eigenvalue weighted by atomic mass is 10.2. The number of fused-ring (bicyclic) bond motifs is 1. The Balaban J connectivity index is 0.000000323. The van der Waals surface area contributed by atoms with Gasteiger partial charge in [-0.15, -0.1) is 0 Å². The van der Waals surface area contributed by atoms with Crippen molar-refractivity contribution in [3.63, 3.8) is 0 Å². The van der Waals surface area contributed by atoms with E-state index in [9.17, 15) is 0 Å². The topological polar surface area (TPSA) is 12.9 Å². The summed E-state index contributed by atoms with van der Waals surface area (Å²) in [6, 6.07) is 12.1. The van der Waals surface area contributed by atoms with E-state index in [0.29, 0.717) is 0 Å². The van der Waals surface area contributed by atoms with Crippen LogP contribution in [0.4, 0.5) is 0 Å². The van der Waals surface area contributed by atoms with Gasteiger partial charge in [0.1, 0.15) is 0 Å². The van der Waals surface area contributed by atoms with E-state index in [1.807, 2.05) is 44.3 Å². The van der Waals surface area contributed by atoms with Crippen LogP contribution in [0.15, 0.2) is 42.6 Å². The third-order valence-corrected chi connectivity index (χ3v) is 1.51. The van der Waals surface area contributed by atoms with Crippen molar-refractivity contribution in [2.45, 2.75) is 34.6 Å². The van der Waals surface area contributed by atoms with Gasteiger partial charge in [-0.3, -0.25) is 4.98 Å². The van der Waals surface area contributed by atoms with Crippen molar-refractivity contribution in [2.24, 2.45) is 5.92 Å². The molecule has 0 saturated carbocycles. The fraction of sp³-hybridized carbons (Fsp3) is 0.400. The Bertz CT molecular complexity index is 312. The molecule has 0 saturated heterocycles. The van der Waals surface area contributed by atoms with Crippen molar-refractivity contribution in [2.75, 3.05) is 0 Å². The zero-order valence-corrected chi connectivity index (χ0v) is 11.1. The first kappa shape index (κ1) is 14.6. The van der Waals surface area contributed by atoms with Gasteiger partial charge in [0.2, 0.25) is 0 Å². The number of aromatic nitrogens is 1. The van der Waals surface area contributed by atoms with Crippen LogP contribution in [0.5, 0.6) is 0 Å². The minimum Gasteiger partial charge on any atom is -0.256 e. The summed E-state index contributed by atoms with van der Waals surface area (Å²) in [6.45, 7) is 10.5. The highest BCUT2D eigenvalue weighted by Gasteiger charge is 1.86. The molecule has 0 radical (unpaired) electrons. The number of rotatable bonds is 0. The molecule has 1 aromatic heterocycles. The summed E-state index contributed by atoms with van der Waals surface area (Å²) >= 11 is 0. The SMILES string of the molecule is CC.CC(C)C.c1ccc2ncccc2c1. The first-order valence-electron chi connectivity index (χ1n) is 6.00. The van der Waals surface area contributed by atoms with E-state index in [2.05, 4.69) is 37.9 Å². The van der Waals surface area contributed by atoms with E-state index in [1.54, 1.807) is 0 Å². The fourth-order valence-corrected chi connectivity index (χ4v) is 1.02. The third kappa shape index (κ3) is 6.18. The van der Waals surface area contributed by atoms with Crippen LogP contribution in [0, 0.1) is 5.92 Å². The summed E-state index contributed by atoms with van der Waals surface area (Å²) in [5.74, 6) is 0.833. The molecule has 1 aromatic carbocycles. The maximum Gasteiger partial charge on any atom is 0.0701 e. The number of benzene rings is 1. The van der Waals surface area contributed by atoms with Crippen LogP contribution >= 0.6 is 0 Å². The molecule has 2 rings (SSSR count). The van der Waals surface area contributed by atoms with Crippen LogP contribution in [0.3, 0.4) is 0 Å². The molecule has 1 heteroatoms. The van der Waals surface area contributed by atoms with Crippen molar-refractivity contribution < 1.29 is 0 Å². The van der Waals surface area contributed by atoms with Gasteiger partial charge in [-0.2, -0.15) is 0 Å². The molecule has 2 aromatic rings. The van der Waals surface area contributed by atoms with Crippen LogP contribution in [0.2, 0.25) is 0 Å². The van der Waals surface area contributed by atoms with E-state index in [4.69, 9.17) is 0 Å². The second kappa shape index (κ2) is 8.90. The maximum absolute atomic E-state index is 4.18. The number of para-hydroxylation sites is 1. The van der Waals surface area contributed by atoms with Crippen LogP contribution in [-0.4, -0.2) is 4.98 Å². The molecule has 0 amide bonds. The Kier molecular flexibility index (Phi) is 8.14. The highest BCUT2D eigenvalue weighted by molar-refractivity contribution is 5.77. The molecule has 16 heavy (non-hydrogen) atoms. The standard InChI is InChI=1S/C9H7N.C4H10.C2H6/c1-2-6-9-8(4-1)5-3-7-10-9;1-4(2)3;1-2/h1-7H;4H,1-3H3;1-2H3. The van der Waals surface area contributed by atoms with Gasteiger partial charge in [-0.25, -0.2) is 0 Å². The summed E-state index contributed by atoms with van der Waals surface area (Å²) < 4.78 is 0. The molecule has 1 heterocycles. The average molecular weight is 217 g/mol. The largest absolute Gasteiger partial charge is 0.256 e. The lowest BCUT2D eigenvalue weighted by molar-refractivity contribution is 0.737. The van der Waals surface area contributed by atoms with Gasteiger partial charge in [0.05, 0.1) is 5.52 Å². The number of hydrogen-bond acceptors (Lipinski definition) is 1. The molecule has 0 spiro atoms. The number of hydrogen-bond donors (Lipinski definition) is 0. The molecule has 0 aliphatic carbocycles. The summed E-state index contributed by atoms with van der Waals surface area (Å²) in [5.41, 5.74) is 1.06. The van der Waals surface area contributed by atoms with Crippen molar-refractivity contribution in [1.29, 1.82) is 0 Å². The zero-order valence-electron chi connectivity index (χ0n) is 11.1. The summed E-state index contributed by atoms with van der Waals surface area (Å²) in [7, 11) is 0. The monoisotopic (exact) mass is 217 g/mol. The Labute approximate surface area is 99.5 Å². The molecule has 88 valence electrons. The second-order valence-electron chi connectivity index (χ2n) is 3.93. The van der Waals surface area contributed by atoms with Crippen LogP contribution < -0.4 is 0 Å². The first-order chi connectivity index (χ1) is 7.70. The highest BCUT2D eigenvalue weighted by atomic mass is 14.6. The molecule has 0 aliphatic rings. The fourth-order valence-electron chi connectivity index (χ4n) is 1.02. The minimum absolute atomic E-state index is 0.833. The van der Waals surface area contributed by atoms with Gasteiger partial charge < -0.3 is 0 Å². The maximum atomic E-state index is 4.18. The van der Waals surface area contributed by atoms with Gasteiger partial charge in [-0.1, -0.05) is 58.9 Å². The van der Waals surface area contributed by atoms with E-state index in [0.717, 1.165) is 11.4 Å². The first-order valence-corrected chi connectivity index (χ1v) is 6.00. The highest BCUT2D eigenvalue weighted by Crippen LogP contribution is 2.07. The van der Waals surface area contributed by atoms with Crippen LogP contribution in [0.1, 0.15) is 34.6 Å². The number of pyridine rings is 1. The van der Waals surface area contributed by atoms with Gasteiger partial charge in [0.25, 0.3) is 0 Å². The molecule has 1 nitrogen and oxygen atoms in total. The van der Waals surface area contributed by atoms with E-state index >= 15 is 0 Å². The molecular formula is C15H23N. The Hall–Kier alpha value is -1.37. The number of nitrogens with zero attached hydrogens (tertiary/aromatic N) is 1. The van der Waals surface area contributed by atoms with E-state index in [1.165, 1.54) is 5.39 Å². The normalized spacial score (nSPS) is 8.88. The zero-order chi connectivity index (χ0) is 12.4. The molecule has 0 atom stereocenters. The lowest BCUT2D eigenvalue weighted by Gasteiger charge is -1.91. The molecule has 0 fully saturated rings. The van der Waals surface area contributed by atoms with Crippen molar-refractivity contribution in [1.82, 2.24) is 4.98 Å². The molecule has 0 aliphatic heterocycles. The molecular weight excluding hydrogens is 194 g/mol. The van der Waals surface area contributed by atoms with Gasteiger partial charge in [0, 0.05) is 11.6 Å². The Morgan fingerprint density at radius 2 is 1.38 bits per heavy atom. The predicted octanol–water partition coefficient (Wildman–Crippen LogP) is 4.92. The second-order valence-corrected chi connectivity index (χ2v) is 3.93. The van der Waals surface area contributed by atoms with Gasteiger partial charge in [0.15, 0.2) is 0 Å². The molecule has 0 unspecified atom stereocenters. The van der Waals surface area contributed by atoms with Gasteiger partial charge in [-0.05, 0) is 18.1 Å². The van der Waals surface area contributed by atoms with Crippen molar-refractivity contribution >= 4 is 10.9 Å². The predicted molar refractivity (Wildman–Crippen MR) is 73.6 cm³/mol. The van der Waals surface area contributed by atoms with Crippen molar-refractivity contribution in [3.8, 4) is 0 Å². The summed E-state index contributed by atoms with van der Waals surface area (Å²) in [5, 5.41) is 1.20. The van der Waals surface area contributed by atoms with Crippen LogP contribution in [0.25, 0.3) is 10.9 Å². The average Bonchev–Trinajstić information content (AvgIpc) is 2.31. The molecule has 0 N–H and O–H groups in total. The van der Waals surface area contributed by atoms with E-state index in [-0.39, 0.29) is 0 Å². The van der Waals surface area contributed by atoms with Crippen LogP contribution in [-0.2, 0) is 0 Å². The Morgan fingerprint density at radius 1 is 0.875 bits per heavy atom. The minimum atomic E-state index is 0.833. The lowest BCUT2D eigenvalue weighted by Crippen LogP contribution is -1.73. The van der Waals surface area contributed by atoms with E-state index < -0.39 is 0 Å². The molecule has 0 bridgehead atoms. The van der Waals surface area contributed by atoms with Crippen molar-refractivity contribution in [3.05, 3.63) is 42.6 Å². The third-order valence-electron chi connectivity index (χ3n) is 1.51. The Morgan fingerprint density at radius 3 is 1.94 bits per heavy atom. The quantitative estimate of drug-likeness (QED) is 0.610. The smallest absolute Gasteiger partial charge is 0.0701 e. The van der Waals surface area contributed by atoms with Gasteiger partial charge >= 0.3 is 0 Å². The summed E-state index contributed by atoms with van der Waals surface area (Å²) in [4.78, 5) is 4.18.